The molecule has 0 aliphatic heterocycles. The summed E-state index contributed by atoms with van der Waals surface area (Å²) < 4.78 is 0. The first-order chi connectivity index (χ1) is 5.79. The summed E-state index contributed by atoms with van der Waals surface area (Å²) in [6.07, 6.45) is 0. The third kappa shape index (κ3) is 1.03. The molecule has 0 aliphatic rings. The van der Waals surface area contributed by atoms with E-state index in [9.17, 15) is 5.11 Å². The van der Waals surface area contributed by atoms with E-state index in [-0.39, 0.29) is 10.8 Å². The highest BCUT2D eigenvalue weighted by molar-refractivity contribution is 6.33. The molecular formula is C10H6ClO. The molecule has 0 fully saturated rings. The highest BCUT2D eigenvalue weighted by Gasteiger charge is 2.02. The summed E-state index contributed by atoms with van der Waals surface area (Å²) in [6.45, 7) is 0. The van der Waals surface area contributed by atoms with Gasteiger partial charge in [0.1, 0.15) is 5.75 Å². The number of hydrogen-bond acceptors (Lipinski definition) is 1. The number of hydrogen-bond donors (Lipinski definition) is 1. The molecule has 0 spiro atoms. The SMILES string of the molecule is Oc1c(Cl)[c]cc2ccccc12. The van der Waals surface area contributed by atoms with Crippen LogP contribution in [-0.2, 0) is 0 Å². The van der Waals surface area contributed by atoms with Crippen LogP contribution in [0, 0.1) is 6.07 Å². The van der Waals surface area contributed by atoms with Crippen molar-refractivity contribution in [3.05, 3.63) is 41.4 Å². The molecule has 0 saturated carbocycles. The summed E-state index contributed by atoms with van der Waals surface area (Å²) in [6, 6.07) is 12.0. The van der Waals surface area contributed by atoms with E-state index in [1.165, 1.54) is 0 Å². The van der Waals surface area contributed by atoms with Crippen molar-refractivity contribution in [2.24, 2.45) is 0 Å². The molecular weight excluding hydrogens is 172 g/mol. The first-order valence-corrected chi connectivity index (χ1v) is 3.95. The molecule has 0 saturated heterocycles. The molecule has 1 N–H and O–H groups in total. The molecule has 0 aromatic heterocycles. The monoisotopic (exact) mass is 177 g/mol. The van der Waals surface area contributed by atoms with Gasteiger partial charge in [0.15, 0.2) is 0 Å². The van der Waals surface area contributed by atoms with Crippen LogP contribution in [0.15, 0.2) is 30.3 Å². The Morgan fingerprint density at radius 1 is 1.25 bits per heavy atom. The number of aromatic hydroxyl groups is 1. The second-order valence-electron chi connectivity index (χ2n) is 2.54. The van der Waals surface area contributed by atoms with Crippen LogP contribution in [0.4, 0.5) is 0 Å². The predicted octanol–water partition coefficient (Wildman–Crippen LogP) is 3.00. The summed E-state index contributed by atoms with van der Waals surface area (Å²) in [5.41, 5.74) is 0. The molecule has 1 radical (unpaired) electrons. The van der Waals surface area contributed by atoms with Gasteiger partial charge in [-0.3, -0.25) is 0 Å². The standard InChI is InChI=1S/C10H6ClO/c11-9-6-5-7-3-1-2-4-8(7)10(9)12/h1-5,12H. The maximum absolute atomic E-state index is 9.50. The van der Waals surface area contributed by atoms with Crippen LogP contribution in [0.25, 0.3) is 10.8 Å². The Kier molecular flexibility index (Phi) is 1.66. The van der Waals surface area contributed by atoms with Gasteiger partial charge in [-0.25, -0.2) is 0 Å². The lowest BCUT2D eigenvalue weighted by Gasteiger charge is -2.00. The van der Waals surface area contributed by atoms with E-state index in [1.54, 1.807) is 6.07 Å². The van der Waals surface area contributed by atoms with Crippen molar-refractivity contribution >= 4 is 22.4 Å². The van der Waals surface area contributed by atoms with Crippen LogP contribution in [-0.4, -0.2) is 5.11 Å². The minimum Gasteiger partial charge on any atom is -0.506 e. The number of phenolic OH excluding ortho intramolecular Hbond substituents is 1. The fraction of sp³-hybridized carbons (Fsp3) is 0. The van der Waals surface area contributed by atoms with E-state index in [0.29, 0.717) is 0 Å². The van der Waals surface area contributed by atoms with Crippen LogP contribution in [0.1, 0.15) is 0 Å². The number of halogens is 1. The lowest BCUT2D eigenvalue weighted by molar-refractivity contribution is 0.482. The molecule has 0 atom stereocenters. The van der Waals surface area contributed by atoms with Gasteiger partial charge in [0.05, 0.1) is 5.02 Å². The smallest absolute Gasteiger partial charge is 0.142 e. The second kappa shape index (κ2) is 2.68. The number of benzene rings is 2. The van der Waals surface area contributed by atoms with Crippen LogP contribution < -0.4 is 0 Å². The van der Waals surface area contributed by atoms with Crippen molar-refractivity contribution in [3.63, 3.8) is 0 Å². The predicted molar refractivity (Wildman–Crippen MR) is 49.5 cm³/mol. The topological polar surface area (TPSA) is 20.2 Å². The zero-order chi connectivity index (χ0) is 8.55. The maximum atomic E-state index is 9.50. The molecule has 0 unspecified atom stereocenters. The van der Waals surface area contributed by atoms with Gasteiger partial charge in [0.25, 0.3) is 0 Å². The molecule has 2 aromatic rings. The highest BCUT2D eigenvalue weighted by Crippen LogP contribution is 2.31. The minimum atomic E-state index is 0.106. The molecule has 0 heterocycles. The fourth-order valence-electron chi connectivity index (χ4n) is 1.17. The molecule has 2 heteroatoms. The van der Waals surface area contributed by atoms with E-state index in [2.05, 4.69) is 6.07 Å². The van der Waals surface area contributed by atoms with Crippen LogP contribution in [0.5, 0.6) is 5.75 Å². The summed E-state index contributed by atoms with van der Waals surface area (Å²) in [7, 11) is 0. The average Bonchev–Trinajstić information content (AvgIpc) is 2.12. The Bertz CT molecular complexity index is 423. The lowest BCUT2D eigenvalue weighted by Crippen LogP contribution is -1.74. The highest BCUT2D eigenvalue weighted by atomic mass is 35.5. The Hall–Kier alpha value is -1.21. The van der Waals surface area contributed by atoms with Gasteiger partial charge in [0.2, 0.25) is 0 Å². The number of phenols is 1. The molecule has 0 aliphatic carbocycles. The quantitative estimate of drug-likeness (QED) is 0.656. The van der Waals surface area contributed by atoms with Gasteiger partial charge in [0, 0.05) is 11.5 Å². The molecule has 1 nitrogen and oxygen atoms in total. The van der Waals surface area contributed by atoms with Gasteiger partial charge in [-0.15, -0.1) is 0 Å². The summed E-state index contributed by atoms with van der Waals surface area (Å²) in [4.78, 5) is 0. The van der Waals surface area contributed by atoms with Crippen LogP contribution in [0.3, 0.4) is 0 Å². The normalized spacial score (nSPS) is 10.4. The van der Waals surface area contributed by atoms with Gasteiger partial charge < -0.3 is 5.11 Å². The Labute approximate surface area is 75.2 Å². The molecule has 59 valence electrons. The van der Waals surface area contributed by atoms with Crippen LogP contribution >= 0.6 is 11.6 Å². The summed E-state index contributed by atoms with van der Waals surface area (Å²) >= 11 is 5.68. The van der Waals surface area contributed by atoms with Gasteiger partial charge in [-0.05, 0) is 11.5 Å². The average molecular weight is 178 g/mol. The lowest BCUT2D eigenvalue weighted by atomic mass is 10.1. The Balaban J connectivity index is 2.91. The molecule has 0 amide bonds. The van der Waals surface area contributed by atoms with Crippen molar-refractivity contribution in [3.8, 4) is 5.75 Å². The number of rotatable bonds is 0. The van der Waals surface area contributed by atoms with E-state index < -0.39 is 0 Å². The summed E-state index contributed by atoms with van der Waals surface area (Å²) in [5.74, 6) is 0.106. The van der Waals surface area contributed by atoms with E-state index in [0.717, 1.165) is 10.8 Å². The van der Waals surface area contributed by atoms with E-state index in [4.69, 9.17) is 11.6 Å². The third-order valence-electron chi connectivity index (χ3n) is 1.78. The van der Waals surface area contributed by atoms with Crippen molar-refractivity contribution in [1.29, 1.82) is 0 Å². The van der Waals surface area contributed by atoms with Crippen molar-refractivity contribution in [2.75, 3.05) is 0 Å². The second-order valence-corrected chi connectivity index (χ2v) is 2.92. The minimum absolute atomic E-state index is 0.106. The zero-order valence-electron chi connectivity index (χ0n) is 6.21. The van der Waals surface area contributed by atoms with Gasteiger partial charge in [-0.2, -0.15) is 0 Å². The maximum Gasteiger partial charge on any atom is 0.142 e. The molecule has 0 bridgehead atoms. The number of fused-ring (bicyclic) bond motifs is 1. The largest absolute Gasteiger partial charge is 0.506 e. The molecule has 12 heavy (non-hydrogen) atoms. The summed E-state index contributed by atoms with van der Waals surface area (Å²) in [5, 5.41) is 11.5. The molecule has 2 rings (SSSR count). The van der Waals surface area contributed by atoms with E-state index >= 15 is 0 Å². The first-order valence-electron chi connectivity index (χ1n) is 3.57. The van der Waals surface area contributed by atoms with Gasteiger partial charge in [-0.1, -0.05) is 35.9 Å². The van der Waals surface area contributed by atoms with Crippen LogP contribution in [0.2, 0.25) is 5.02 Å². The van der Waals surface area contributed by atoms with Crippen molar-refractivity contribution in [1.82, 2.24) is 0 Å². The zero-order valence-corrected chi connectivity index (χ0v) is 6.97. The third-order valence-corrected chi connectivity index (χ3v) is 2.07. The Morgan fingerprint density at radius 2 is 2.00 bits per heavy atom. The molecule has 2 aromatic carbocycles. The Morgan fingerprint density at radius 3 is 2.83 bits per heavy atom. The fourth-order valence-corrected chi connectivity index (χ4v) is 1.32. The van der Waals surface area contributed by atoms with E-state index in [1.807, 2.05) is 24.3 Å². The first kappa shape index (κ1) is 7.44. The van der Waals surface area contributed by atoms with Crippen molar-refractivity contribution < 1.29 is 5.11 Å². The van der Waals surface area contributed by atoms with Crippen molar-refractivity contribution in [2.45, 2.75) is 0 Å². The van der Waals surface area contributed by atoms with Gasteiger partial charge >= 0.3 is 0 Å².